The Morgan fingerprint density at radius 2 is 2.20 bits per heavy atom. The van der Waals surface area contributed by atoms with Gasteiger partial charge in [-0.15, -0.1) is 0 Å². The maximum atomic E-state index is 10.7. The van der Waals surface area contributed by atoms with Crippen LogP contribution in [0.25, 0.3) is 0 Å². The van der Waals surface area contributed by atoms with Gasteiger partial charge in [-0.3, -0.25) is 4.79 Å². The van der Waals surface area contributed by atoms with E-state index in [9.17, 15) is 4.79 Å². The molecule has 10 heavy (non-hydrogen) atoms. The van der Waals surface area contributed by atoms with Gasteiger partial charge in [-0.25, -0.2) is 10.3 Å². The summed E-state index contributed by atoms with van der Waals surface area (Å²) in [5, 5.41) is 0. The van der Waals surface area contributed by atoms with E-state index >= 15 is 0 Å². The van der Waals surface area contributed by atoms with Gasteiger partial charge in [-0.05, 0) is 0 Å². The van der Waals surface area contributed by atoms with Crippen molar-refractivity contribution in [2.45, 2.75) is 13.8 Å². The fraction of sp³-hybridized carbons (Fsp3) is 0.833. The number of methoxy groups -OCH3 is 1. The quantitative estimate of drug-likeness (QED) is 0.353. The van der Waals surface area contributed by atoms with E-state index in [1.807, 2.05) is 0 Å². The van der Waals surface area contributed by atoms with Crippen LogP contribution in [-0.4, -0.2) is 19.8 Å². The molecular formula is C6H13NO3. The van der Waals surface area contributed by atoms with Crippen LogP contribution in [0.3, 0.4) is 0 Å². The van der Waals surface area contributed by atoms with Crippen LogP contribution in [0.1, 0.15) is 13.8 Å². The molecule has 0 rings (SSSR count). The summed E-state index contributed by atoms with van der Waals surface area (Å²) in [6.45, 7) is 3.65. The summed E-state index contributed by atoms with van der Waals surface area (Å²) in [6, 6.07) is 0. The Morgan fingerprint density at radius 3 is 2.60 bits per heavy atom. The van der Waals surface area contributed by atoms with Crippen molar-refractivity contribution < 1.29 is 14.4 Å². The molecule has 0 heterocycles. The minimum atomic E-state index is -0.142. The van der Waals surface area contributed by atoms with Gasteiger partial charge in [0.1, 0.15) is 0 Å². The van der Waals surface area contributed by atoms with Gasteiger partial charge in [0.15, 0.2) is 6.79 Å². The zero-order valence-electron chi connectivity index (χ0n) is 6.51. The van der Waals surface area contributed by atoms with Crippen LogP contribution in [0.2, 0.25) is 0 Å². The van der Waals surface area contributed by atoms with Crippen molar-refractivity contribution in [1.29, 1.82) is 0 Å². The zero-order chi connectivity index (χ0) is 7.98. The highest BCUT2D eigenvalue weighted by Crippen LogP contribution is 1.89. The lowest BCUT2D eigenvalue weighted by molar-refractivity contribution is -0.147. The Labute approximate surface area is 60.5 Å². The predicted molar refractivity (Wildman–Crippen MR) is 35.9 cm³/mol. The molecule has 0 spiro atoms. The number of ether oxygens (including phenoxy) is 1. The highest BCUT2D eigenvalue weighted by atomic mass is 16.8. The van der Waals surface area contributed by atoms with Gasteiger partial charge in [0.25, 0.3) is 0 Å². The summed E-state index contributed by atoms with van der Waals surface area (Å²) in [4.78, 5) is 15.3. The Bertz CT molecular complexity index is 103. The lowest BCUT2D eigenvalue weighted by Crippen LogP contribution is -2.28. The van der Waals surface area contributed by atoms with Crippen molar-refractivity contribution in [3.05, 3.63) is 0 Å². The summed E-state index contributed by atoms with van der Waals surface area (Å²) in [5.74, 6) is -0.200. The molecule has 0 aliphatic heterocycles. The van der Waals surface area contributed by atoms with Gasteiger partial charge < -0.3 is 4.74 Å². The van der Waals surface area contributed by atoms with Gasteiger partial charge in [0, 0.05) is 13.0 Å². The van der Waals surface area contributed by atoms with E-state index < -0.39 is 0 Å². The second kappa shape index (κ2) is 5.20. The molecule has 0 aliphatic carbocycles. The lowest BCUT2D eigenvalue weighted by Gasteiger charge is -2.05. The maximum Gasteiger partial charge on any atom is 0.246 e. The Balaban J connectivity index is 3.22. The van der Waals surface area contributed by atoms with E-state index in [1.165, 1.54) is 7.11 Å². The van der Waals surface area contributed by atoms with E-state index in [4.69, 9.17) is 0 Å². The van der Waals surface area contributed by atoms with Crippen LogP contribution in [0.5, 0.6) is 0 Å². The summed E-state index contributed by atoms with van der Waals surface area (Å²) in [5.41, 5.74) is 2.22. The minimum absolute atomic E-state index is 0.0585. The summed E-state index contributed by atoms with van der Waals surface area (Å²) in [7, 11) is 1.49. The van der Waals surface area contributed by atoms with Crippen LogP contribution in [0.15, 0.2) is 0 Å². The molecule has 0 fully saturated rings. The zero-order valence-corrected chi connectivity index (χ0v) is 6.51. The van der Waals surface area contributed by atoms with Crippen molar-refractivity contribution in [2.75, 3.05) is 13.9 Å². The third-order valence-corrected chi connectivity index (χ3v) is 0.874. The average Bonchev–Trinajstić information content (AvgIpc) is 1.88. The van der Waals surface area contributed by atoms with Gasteiger partial charge in [0.05, 0.1) is 0 Å². The largest absolute Gasteiger partial charge is 0.356 e. The number of hydrogen-bond donors (Lipinski definition) is 1. The van der Waals surface area contributed by atoms with Crippen LogP contribution >= 0.6 is 0 Å². The fourth-order valence-corrected chi connectivity index (χ4v) is 0.277. The molecule has 0 atom stereocenters. The van der Waals surface area contributed by atoms with E-state index in [-0.39, 0.29) is 18.6 Å². The first-order valence-corrected chi connectivity index (χ1v) is 3.09. The molecular weight excluding hydrogens is 134 g/mol. The first-order valence-electron chi connectivity index (χ1n) is 3.09. The molecule has 0 saturated heterocycles. The van der Waals surface area contributed by atoms with E-state index in [0.29, 0.717) is 0 Å². The SMILES string of the molecule is COCONC(=O)C(C)C. The maximum absolute atomic E-state index is 10.7. The Kier molecular flexibility index (Phi) is 4.88. The molecule has 0 aromatic carbocycles. The molecule has 0 radical (unpaired) electrons. The van der Waals surface area contributed by atoms with Gasteiger partial charge in [0.2, 0.25) is 5.91 Å². The molecule has 0 bridgehead atoms. The molecule has 0 aromatic heterocycles. The first kappa shape index (κ1) is 9.39. The number of nitrogens with one attached hydrogen (secondary N) is 1. The topological polar surface area (TPSA) is 47.6 Å². The van der Waals surface area contributed by atoms with Crippen LogP contribution in [0, 0.1) is 5.92 Å². The molecule has 4 nitrogen and oxygen atoms in total. The second-order valence-corrected chi connectivity index (χ2v) is 2.17. The number of rotatable bonds is 4. The number of carbonyl (C=O) groups excluding carboxylic acids is 1. The molecule has 4 heteroatoms. The molecule has 1 amide bonds. The van der Waals surface area contributed by atoms with Crippen LogP contribution < -0.4 is 5.48 Å². The smallest absolute Gasteiger partial charge is 0.246 e. The summed E-state index contributed by atoms with van der Waals surface area (Å²) >= 11 is 0. The highest BCUT2D eigenvalue weighted by Gasteiger charge is 2.04. The minimum Gasteiger partial charge on any atom is -0.356 e. The molecule has 0 unspecified atom stereocenters. The van der Waals surface area contributed by atoms with Gasteiger partial charge in [-0.1, -0.05) is 13.8 Å². The summed E-state index contributed by atoms with van der Waals surface area (Å²) < 4.78 is 4.54. The van der Waals surface area contributed by atoms with Crippen molar-refractivity contribution in [3.8, 4) is 0 Å². The Hall–Kier alpha value is -0.610. The van der Waals surface area contributed by atoms with Gasteiger partial charge >= 0.3 is 0 Å². The van der Waals surface area contributed by atoms with E-state index in [0.717, 1.165) is 0 Å². The summed E-state index contributed by atoms with van der Waals surface area (Å²) in [6.07, 6.45) is 0. The number of hydroxylamine groups is 1. The van der Waals surface area contributed by atoms with Crippen molar-refractivity contribution in [1.82, 2.24) is 5.48 Å². The predicted octanol–water partition coefficient (Wildman–Crippen LogP) is 0.294. The van der Waals surface area contributed by atoms with Crippen LogP contribution in [-0.2, 0) is 14.4 Å². The van der Waals surface area contributed by atoms with Crippen LogP contribution in [0.4, 0.5) is 0 Å². The molecule has 0 aromatic rings. The second-order valence-electron chi connectivity index (χ2n) is 2.17. The number of hydrogen-bond acceptors (Lipinski definition) is 3. The van der Waals surface area contributed by atoms with Gasteiger partial charge in [-0.2, -0.15) is 0 Å². The molecule has 1 N–H and O–H groups in total. The molecule has 0 aliphatic rings. The van der Waals surface area contributed by atoms with Crippen molar-refractivity contribution in [2.24, 2.45) is 5.92 Å². The molecule has 0 saturated carbocycles. The lowest BCUT2D eigenvalue weighted by atomic mass is 10.2. The fourth-order valence-electron chi connectivity index (χ4n) is 0.277. The van der Waals surface area contributed by atoms with E-state index in [1.54, 1.807) is 13.8 Å². The van der Waals surface area contributed by atoms with E-state index in [2.05, 4.69) is 15.1 Å². The third-order valence-electron chi connectivity index (χ3n) is 0.874. The normalized spacial score (nSPS) is 10.0. The molecule has 60 valence electrons. The Morgan fingerprint density at radius 1 is 1.60 bits per heavy atom. The average molecular weight is 147 g/mol. The standard InChI is InChI=1S/C6H13NO3/c1-5(2)6(8)7-10-4-9-3/h5H,4H2,1-3H3,(H,7,8). The van der Waals surface area contributed by atoms with Crippen molar-refractivity contribution >= 4 is 5.91 Å². The third kappa shape index (κ3) is 4.29. The number of carbonyl (C=O) groups is 1. The monoisotopic (exact) mass is 147 g/mol. The van der Waals surface area contributed by atoms with Crippen molar-refractivity contribution in [3.63, 3.8) is 0 Å². The highest BCUT2D eigenvalue weighted by molar-refractivity contribution is 5.76. The first-order chi connectivity index (χ1) is 4.68. The number of amides is 1.